The summed E-state index contributed by atoms with van der Waals surface area (Å²) in [7, 11) is -4.06. The van der Waals surface area contributed by atoms with E-state index in [9.17, 15) is 18.0 Å². The highest BCUT2D eigenvalue weighted by molar-refractivity contribution is 7.90. The fraction of sp³-hybridized carbons (Fsp3) is 0. The monoisotopic (exact) mass is 362 g/mol. The van der Waals surface area contributed by atoms with Gasteiger partial charge < -0.3 is 11.5 Å². The second-order valence-electron chi connectivity index (χ2n) is 4.06. The predicted octanol–water partition coefficient (Wildman–Crippen LogP) is 0.211. The van der Waals surface area contributed by atoms with Crippen molar-refractivity contribution in [2.75, 3.05) is 4.90 Å². The Morgan fingerprint density at radius 3 is 1.86 bits per heavy atom. The third-order valence-electron chi connectivity index (χ3n) is 2.59. The molecule has 0 fully saturated rings. The van der Waals surface area contributed by atoms with Crippen LogP contribution < -0.4 is 16.4 Å². The minimum Gasteiger partial charge on any atom is -0.369 e. The van der Waals surface area contributed by atoms with Crippen molar-refractivity contribution >= 4 is 56.7 Å². The molecule has 0 saturated carbocycles. The Labute approximate surface area is 135 Å². The normalized spacial score (nSPS) is 15.5. The maximum atomic E-state index is 11.8. The van der Waals surface area contributed by atoms with E-state index >= 15 is 0 Å². The van der Waals surface area contributed by atoms with E-state index in [1.165, 1.54) is 12.1 Å². The Kier molecular flexibility index (Phi) is 4.14. The number of rotatable bonds is 3. The van der Waals surface area contributed by atoms with Gasteiger partial charge in [-0.25, -0.2) is 4.90 Å². The van der Waals surface area contributed by atoms with E-state index in [1.54, 1.807) is 0 Å². The maximum absolute atomic E-state index is 11.8. The largest absolute Gasteiger partial charge is 0.369 e. The number of carbonyl (C=O) groups is 2. The molecule has 22 heavy (non-hydrogen) atoms. The van der Waals surface area contributed by atoms with Crippen LogP contribution in [0.5, 0.6) is 0 Å². The molecule has 1 aliphatic heterocycles. The van der Waals surface area contributed by atoms with Gasteiger partial charge in [0.25, 0.3) is 21.8 Å². The lowest BCUT2D eigenvalue weighted by atomic mass is 10.3. The Morgan fingerprint density at radius 2 is 1.45 bits per heavy atom. The lowest BCUT2D eigenvalue weighted by Gasteiger charge is -2.14. The zero-order chi connectivity index (χ0) is 16.7. The number of amides is 2. The molecular weight excluding hydrogens is 355 g/mol. The van der Waals surface area contributed by atoms with Crippen LogP contribution in [0.25, 0.3) is 0 Å². The second kappa shape index (κ2) is 5.59. The van der Waals surface area contributed by atoms with Gasteiger partial charge in [0.2, 0.25) is 5.96 Å². The van der Waals surface area contributed by atoms with Crippen LogP contribution in [0.3, 0.4) is 0 Å². The molecule has 0 bridgehead atoms. The molecule has 8 nitrogen and oxygen atoms in total. The molecule has 2 amide bonds. The summed E-state index contributed by atoms with van der Waals surface area (Å²) in [6, 6.07) is 4.73. The number of nitrogens with two attached hydrogens (primary N) is 2. The Morgan fingerprint density at radius 1 is 1.00 bits per heavy atom. The zero-order valence-corrected chi connectivity index (χ0v) is 13.0. The fourth-order valence-electron chi connectivity index (χ4n) is 1.67. The Balaban J connectivity index is 2.38. The molecule has 1 aromatic rings. The van der Waals surface area contributed by atoms with Crippen LogP contribution in [0.4, 0.5) is 5.69 Å². The van der Waals surface area contributed by atoms with Crippen molar-refractivity contribution in [1.82, 2.24) is 0 Å². The summed E-state index contributed by atoms with van der Waals surface area (Å²) < 4.78 is 26.6. The average Bonchev–Trinajstić information content (AvgIpc) is 2.62. The van der Waals surface area contributed by atoms with Gasteiger partial charge in [-0.05, 0) is 24.3 Å². The number of sulfonamides is 1. The third kappa shape index (κ3) is 2.78. The molecule has 0 spiro atoms. The molecular formula is C11H8Cl2N4O4S. The zero-order valence-electron chi connectivity index (χ0n) is 10.7. The molecule has 11 heteroatoms. The average molecular weight is 363 g/mol. The van der Waals surface area contributed by atoms with Gasteiger partial charge in [0.05, 0.1) is 10.6 Å². The van der Waals surface area contributed by atoms with Crippen molar-refractivity contribution in [2.45, 2.75) is 4.90 Å². The first-order valence-electron chi connectivity index (χ1n) is 5.55. The van der Waals surface area contributed by atoms with E-state index < -0.39 is 37.9 Å². The summed E-state index contributed by atoms with van der Waals surface area (Å²) in [5.74, 6) is -2.20. The standard InChI is InChI=1S/C11H8Cl2N4O4S/c12-7-8(13)10(19)17(9(7)18)5-1-3-6(4-2-5)22(20,21)16-11(14)15/h1-4H,(H4,14,15,16). The SMILES string of the molecule is NC(N)=NS(=O)(=O)c1ccc(N2C(=O)C(Cl)=C(Cl)C2=O)cc1. The highest BCUT2D eigenvalue weighted by Gasteiger charge is 2.37. The van der Waals surface area contributed by atoms with Crippen molar-refractivity contribution in [3.63, 3.8) is 0 Å². The van der Waals surface area contributed by atoms with Crippen LogP contribution in [0, 0.1) is 0 Å². The van der Waals surface area contributed by atoms with Gasteiger partial charge in [-0.2, -0.15) is 8.42 Å². The molecule has 116 valence electrons. The van der Waals surface area contributed by atoms with Crippen molar-refractivity contribution in [3.8, 4) is 0 Å². The van der Waals surface area contributed by atoms with Crippen molar-refractivity contribution in [2.24, 2.45) is 15.9 Å². The number of guanidine groups is 1. The van der Waals surface area contributed by atoms with E-state index in [-0.39, 0.29) is 10.6 Å². The van der Waals surface area contributed by atoms with Crippen LogP contribution in [0.1, 0.15) is 0 Å². The number of halogens is 2. The topological polar surface area (TPSA) is 136 Å². The molecule has 4 N–H and O–H groups in total. The first kappa shape index (κ1) is 16.3. The van der Waals surface area contributed by atoms with Crippen molar-refractivity contribution < 1.29 is 18.0 Å². The summed E-state index contributed by atoms with van der Waals surface area (Å²) in [5, 5.41) is -0.798. The number of anilines is 1. The number of carbonyl (C=O) groups excluding carboxylic acids is 2. The number of nitrogens with zero attached hydrogens (tertiary/aromatic N) is 2. The first-order chi connectivity index (χ1) is 10.1. The summed E-state index contributed by atoms with van der Waals surface area (Å²) in [5.41, 5.74) is 10.2. The number of benzene rings is 1. The summed E-state index contributed by atoms with van der Waals surface area (Å²) in [4.78, 5) is 24.1. The lowest BCUT2D eigenvalue weighted by molar-refractivity contribution is -0.120. The molecule has 0 unspecified atom stereocenters. The van der Waals surface area contributed by atoms with E-state index in [2.05, 4.69) is 4.40 Å². The maximum Gasteiger partial charge on any atom is 0.285 e. The van der Waals surface area contributed by atoms with E-state index in [0.29, 0.717) is 0 Å². The lowest BCUT2D eigenvalue weighted by Crippen LogP contribution is -2.30. The Bertz CT molecular complexity index is 802. The van der Waals surface area contributed by atoms with Gasteiger partial charge in [-0.3, -0.25) is 9.59 Å². The molecule has 0 aliphatic carbocycles. The fourth-order valence-corrected chi connectivity index (χ4v) is 2.86. The molecule has 2 rings (SSSR count). The first-order valence-corrected chi connectivity index (χ1v) is 7.75. The van der Waals surface area contributed by atoms with E-state index in [0.717, 1.165) is 17.0 Å². The van der Waals surface area contributed by atoms with Crippen molar-refractivity contribution in [1.29, 1.82) is 0 Å². The molecule has 0 atom stereocenters. The van der Waals surface area contributed by atoms with Crippen molar-refractivity contribution in [3.05, 3.63) is 34.3 Å². The van der Waals surface area contributed by atoms with Gasteiger partial charge in [-0.1, -0.05) is 23.2 Å². The summed E-state index contributed by atoms with van der Waals surface area (Å²) >= 11 is 11.2. The second-order valence-corrected chi connectivity index (χ2v) is 6.42. The van der Waals surface area contributed by atoms with Gasteiger partial charge in [-0.15, -0.1) is 4.40 Å². The number of imide groups is 1. The molecule has 1 aliphatic rings. The van der Waals surface area contributed by atoms with Crippen LogP contribution in [0.2, 0.25) is 0 Å². The highest BCUT2D eigenvalue weighted by atomic mass is 35.5. The van der Waals surface area contributed by atoms with Gasteiger partial charge in [0, 0.05) is 0 Å². The number of hydrogen-bond donors (Lipinski definition) is 2. The highest BCUT2D eigenvalue weighted by Crippen LogP contribution is 2.31. The quantitative estimate of drug-likeness (QED) is 0.448. The van der Waals surface area contributed by atoms with Crippen LogP contribution >= 0.6 is 23.2 Å². The molecule has 0 aromatic heterocycles. The van der Waals surface area contributed by atoms with Crippen LogP contribution in [-0.4, -0.2) is 26.2 Å². The van der Waals surface area contributed by atoms with Gasteiger partial charge in [0.1, 0.15) is 10.1 Å². The minimum atomic E-state index is -4.06. The molecule has 0 radical (unpaired) electrons. The predicted molar refractivity (Wildman–Crippen MR) is 80.7 cm³/mol. The van der Waals surface area contributed by atoms with Crippen LogP contribution in [0.15, 0.2) is 43.6 Å². The van der Waals surface area contributed by atoms with Gasteiger partial charge >= 0.3 is 0 Å². The smallest absolute Gasteiger partial charge is 0.285 e. The van der Waals surface area contributed by atoms with E-state index in [1.807, 2.05) is 0 Å². The van der Waals surface area contributed by atoms with E-state index in [4.69, 9.17) is 34.7 Å². The molecule has 0 saturated heterocycles. The Hall–Kier alpha value is -2.10. The number of hydrogen-bond acceptors (Lipinski definition) is 4. The summed E-state index contributed by atoms with van der Waals surface area (Å²) in [6.07, 6.45) is 0. The van der Waals surface area contributed by atoms with Crippen LogP contribution in [-0.2, 0) is 19.6 Å². The third-order valence-corrected chi connectivity index (χ3v) is 4.71. The molecule has 1 heterocycles. The van der Waals surface area contributed by atoms with Gasteiger partial charge in [0.15, 0.2) is 0 Å². The summed E-state index contributed by atoms with van der Waals surface area (Å²) in [6.45, 7) is 0. The molecule has 1 aromatic carbocycles. The minimum absolute atomic E-state index is 0.104.